The first-order valence-electron chi connectivity index (χ1n) is 9.74. The number of hydrogen-bond donors (Lipinski definition) is 0. The van der Waals surface area contributed by atoms with Crippen LogP contribution in [0, 0.1) is 0 Å². The van der Waals surface area contributed by atoms with Gasteiger partial charge in [0.25, 0.3) is 0 Å². The first-order chi connectivity index (χ1) is 13.3. The Kier molecular flexibility index (Phi) is 6.52. The van der Waals surface area contributed by atoms with Gasteiger partial charge in [-0.3, -0.25) is 0 Å². The van der Waals surface area contributed by atoms with Crippen molar-refractivity contribution in [3.8, 4) is 22.8 Å². The van der Waals surface area contributed by atoms with Crippen LogP contribution in [0.5, 0.6) is 0 Å². The number of hydrogen-bond acceptors (Lipinski definition) is 6. The lowest BCUT2D eigenvalue weighted by Gasteiger charge is -2.11. The molecule has 0 aliphatic heterocycles. The van der Waals surface area contributed by atoms with Crippen LogP contribution >= 0.6 is 0 Å². The van der Waals surface area contributed by atoms with Crippen LogP contribution in [0.1, 0.15) is 57.1 Å². The Morgan fingerprint density at radius 1 is 0.704 bits per heavy atom. The van der Waals surface area contributed by atoms with Gasteiger partial charge in [-0.2, -0.15) is 0 Å². The summed E-state index contributed by atoms with van der Waals surface area (Å²) in [5.41, 5.74) is 4.83. The monoisotopic (exact) mass is 362 g/mol. The van der Waals surface area contributed by atoms with E-state index in [1.807, 2.05) is 18.5 Å². The third kappa shape index (κ3) is 4.51. The van der Waals surface area contributed by atoms with E-state index in [0.29, 0.717) is 11.6 Å². The van der Waals surface area contributed by atoms with Gasteiger partial charge in [-0.25, -0.2) is 29.9 Å². The second-order valence-electron chi connectivity index (χ2n) is 6.56. The molecule has 0 saturated heterocycles. The van der Waals surface area contributed by atoms with Crippen molar-refractivity contribution in [2.45, 2.75) is 59.3 Å². The minimum absolute atomic E-state index is 0.677. The van der Waals surface area contributed by atoms with Crippen LogP contribution in [0.2, 0.25) is 0 Å². The highest BCUT2D eigenvalue weighted by Crippen LogP contribution is 2.24. The minimum Gasteiger partial charge on any atom is -0.244 e. The van der Waals surface area contributed by atoms with Crippen molar-refractivity contribution in [1.82, 2.24) is 29.9 Å². The molecule has 140 valence electrons. The van der Waals surface area contributed by atoms with Crippen LogP contribution in [-0.2, 0) is 19.3 Å². The zero-order valence-corrected chi connectivity index (χ0v) is 16.3. The van der Waals surface area contributed by atoms with Gasteiger partial charge in [-0.1, -0.05) is 40.0 Å². The van der Waals surface area contributed by atoms with Gasteiger partial charge in [0.15, 0.2) is 11.6 Å². The summed E-state index contributed by atoms with van der Waals surface area (Å²) < 4.78 is 0. The van der Waals surface area contributed by atoms with E-state index in [1.54, 1.807) is 12.5 Å². The summed E-state index contributed by atoms with van der Waals surface area (Å²) >= 11 is 0. The minimum atomic E-state index is 0.677. The molecule has 0 fully saturated rings. The topological polar surface area (TPSA) is 77.3 Å². The molecule has 0 saturated carbocycles. The third-order valence-corrected chi connectivity index (χ3v) is 4.34. The van der Waals surface area contributed by atoms with Gasteiger partial charge < -0.3 is 0 Å². The van der Waals surface area contributed by atoms with Gasteiger partial charge in [-0.15, -0.1) is 0 Å². The Balaban J connectivity index is 2.05. The lowest BCUT2D eigenvalue weighted by Crippen LogP contribution is -2.04. The summed E-state index contributed by atoms with van der Waals surface area (Å²) in [5, 5.41) is 0. The van der Waals surface area contributed by atoms with Crippen molar-refractivity contribution in [3.63, 3.8) is 0 Å². The molecule has 0 N–H and O–H groups in total. The highest BCUT2D eigenvalue weighted by atomic mass is 14.9. The second-order valence-corrected chi connectivity index (χ2v) is 6.56. The fourth-order valence-corrected chi connectivity index (χ4v) is 3.06. The van der Waals surface area contributed by atoms with E-state index in [-0.39, 0.29) is 0 Å². The molecule has 0 aromatic carbocycles. The van der Waals surface area contributed by atoms with Crippen LogP contribution < -0.4 is 0 Å². The molecule has 0 bridgehead atoms. The number of aryl methyl sites for hydroxylation is 3. The van der Waals surface area contributed by atoms with Crippen LogP contribution in [0.25, 0.3) is 22.8 Å². The maximum absolute atomic E-state index is 4.86. The van der Waals surface area contributed by atoms with E-state index in [9.17, 15) is 0 Å². The molecule has 0 spiro atoms. The Bertz CT molecular complexity index is 893. The van der Waals surface area contributed by atoms with Gasteiger partial charge >= 0.3 is 0 Å². The molecule has 6 nitrogen and oxygen atoms in total. The zero-order valence-electron chi connectivity index (χ0n) is 16.3. The molecule has 3 heterocycles. The average molecular weight is 362 g/mol. The molecule has 0 radical (unpaired) electrons. The number of aromatic nitrogens is 6. The number of rotatable bonds is 8. The van der Waals surface area contributed by atoms with Gasteiger partial charge in [0.05, 0.1) is 22.5 Å². The summed E-state index contributed by atoms with van der Waals surface area (Å²) in [7, 11) is 0. The van der Waals surface area contributed by atoms with E-state index >= 15 is 0 Å². The van der Waals surface area contributed by atoms with Crippen LogP contribution in [-0.4, -0.2) is 29.9 Å². The molecule has 0 unspecified atom stereocenters. The second kappa shape index (κ2) is 9.26. The van der Waals surface area contributed by atoms with E-state index < -0.39 is 0 Å². The standard InChI is InChI=1S/C21H26N6/c1-4-7-15-10-11-23-20(26-15)17-13-24-21(27-19(17)9-6-3)16-12-22-14-25-18(16)8-5-2/h10-14H,4-9H2,1-3H3. The molecule has 27 heavy (non-hydrogen) atoms. The Morgan fingerprint density at radius 2 is 1.41 bits per heavy atom. The van der Waals surface area contributed by atoms with Crippen molar-refractivity contribution in [3.05, 3.63) is 48.1 Å². The largest absolute Gasteiger partial charge is 0.244 e. The van der Waals surface area contributed by atoms with Gasteiger partial charge in [0, 0.05) is 24.3 Å². The Hall–Kier alpha value is -2.76. The summed E-state index contributed by atoms with van der Waals surface area (Å²) in [5.74, 6) is 1.38. The Morgan fingerprint density at radius 3 is 2.19 bits per heavy atom. The van der Waals surface area contributed by atoms with Crippen LogP contribution in [0.3, 0.4) is 0 Å². The van der Waals surface area contributed by atoms with Crippen LogP contribution in [0.15, 0.2) is 31.0 Å². The molecular weight excluding hydrogens is 336 g/mol. The molecular formula is C21H26N6. The van der Waals surface area contributed by atoms with Gasteiger partial charge in [0.2, 0.25) is 0 Å². The predicted octanol–water partition coefficient (Wildman–Crippen LogP) is 4.25. The first kappa shape index (κ1) is 19.0. The van der Waals surface area contributed by atoms with E-state index in [1.165, 1.54) is 0 Å². The summed E-state index contributed by atoms with van der Waals surface area (Å²) in [4.78, 5) is 27.2. The fraction of sp³-hybridized carbons (Fsp3) is 0.429. The molecule has 0 aliphatic carbocycles. The van der Waals surface area contributed by atoms with Gasteiger partial charge in [-0.05, 0) is 25.3 Å². The number of nitrogens with zero attached hydrogens (tertiary/aromatic N) is 6. The maximum Gasteiger partial charge on any atom is 0.162 e. The molecule has 3 aromatic heterocycles. The molecule has 0 amide bonds. The third-order valence-electron chi connectivity index (χ3n) is 4.34. The highest BCUT2D eigenvalue weighted by molar-refractivity contribution is 5.62. The quantitative estimate of drug-likeness (QED) is 0.596. The van der Waals surface area contributed by atoms with E-state index in [0.717, 1.165) is 66.7 Å². The smallest absolute Gasteiger partial charge is 0.162 e. The molecule has 3 aromatic rings. The van der Waals surface area contributed by atoms with Gasteiger partial charge in [0.1, 0.15) is 6.33 Å². The van der Waals surface area contributed by atoms with E-state index in [2.05, 4.69) is 40.7 Å². The molecule has 0 aliphatic rings. The average Bonchev–Trinajstić information content (AvgIpc) is 2.69. The molecule has 6 heteroatoms. The maximum atomic E-state index is 4.86. The fourth-order valence-electron chi connectivity index (χ4n) is 3.06. The SMILES string of the molecule is CCCc1ccnc(-c2cnc(-c3cncnc3CCC)nc2CCC)n1. The summed E-state index contributed by atoms with van der Waals surface area (Å²) in [6.07, 6.45) is 12.8. The first-order valence-corrected chi connectivity index (χ1v) is 9.74. The van der Waals surface area contributed by atoms with Crippen LogP contribution in [0.4, 0.5) is 0 Å². The zero-order chi connectivity index (χ0) is 19.1. The van der Waals surface area contributed by atoms with Crippen molar-refractivity contribution < 1.29 is 0 Å². The lowest BCUT2D eigenvalue weighted by atomic mass is 10.1. The summed E-state index contributed by atoms with van der Waals surface area (Å²) in [6.45, 7) is 6.44. The van der Waals surface area contributed by atoms with Crippen molar-refractivity contribution in [2.24, 2.45) is 0 Å². The van der Waals surface area contributed by atoms with Crippen molar-refractivity contribution >= 4 is 0 Å². The molecule has 3 rings (SSSR count). The predicted molar refractivity (Wildman–Crippen MR) is 106 cm³/mol. The van der Waals surface area contributed by atoms with Crippen molar-refractivity contribution in [1.29, 1.82) is 0 Å². The lowest BCUT2D eigenvalue weighted by molar-refractivity contribution is 0.853. The normalized spacial score (nSPS) is 10.9. The highest BCUT2D eigenvalue weighted by Gasteiger charge is 2.15. The van der Waals surface area contributed by atoms with E-state index in [4.69, 9.17) is 9.97 Å². The molecule has 0 atom stereocenters. The summed E-state index contributed by atoms with van der Waals surface area (Å²) in [6, 6.07) is 1.97. The Labute approximate surface area is 160 Å². The van der Waals surface area contributed by atoms with Crippen molar-refractivity contribution in [2.75, 3.05) is 0 Å².